The Bertz CT molecular complexity index is 2540. The van der Waals surface area contributed by atoms with Crippen LogP contribution in [0.4, 0.5) is 17.1 Å². The summed E-state index contributed by atoms with van der Waals surface area (Å²) < 4.78 is 21.4. The zero-order valence-corrected chi connectivity index (χ0v) is 38.1. The van der Waals surface area contributed by atoms with Crippen LogP contribution in [0.1, 0.15) is 80.0 Å². The summed E-state index contributed by atoms with van der Waals surface area (Å²) in [5.41, 5.74) is 10.2. The second-order valence-corrected chi connectivity index (χ2v) is 15.9. The van der Waals surface area contributed by atoms with Crippen molar-refractivity contribution in [2.24, 2.45) is 0 Å². The molecular formula is C45H41Cl7N6O8. The van der Waals surface area contributed by atoms with Gasteiger partial charge in [-0.3, -0.25) is 34.1 Å². The third kappa shape index (κ3) is 18.0. The number of hydrogen-bond donors (Lipinski definition) is 3. The molecule has 2 aliphatic rings. The van der Waals surface area contributed by atoms with Crippen LogP contribution in [0.5, 0.6) is 0 Å². The van der Waals surface area contributed by atoms with Crippen LogP contribution < -0.4 is 16.4 Å². The van der Waals surface area contributed by atoms with Gasteiger partial charge in [0.05, 0.1) is 55.9 Å². The number of carbonyl (C=O) groups excluding carboxylic acids is 4. The number of nitrogens with zero attached hydrogens (tertiary/aromatic N) is 3. The Balaban J connectivity index is 0.000000240. The standard InChI is InChI=1S/C15H12Cl2N2O3.C13H8Cl2N2O2.C8H10N2O2.C7H3Cl3O.2CH4/c16-11-3-9(4-12(17)6-11)14(20)19-13-5-10(7-18-8-13)15-21-1-2-22-15;14-10-2-9(3-11(15)4-10)13(19)17-12-1-8(7-18)5-16-6-12;9-7-3-6(4-10-5-7)8-11-1-2-12-8;8-5-1-4(7(10)11)2-6(9)3-5;;/h3-8,15H,1-2H2,(H,19,20);1-7H,(H,17,19);3-5,8H,1-2,9H2;1-3H;2*1H4. The van der Waals surface area contributed by atoms with Gasteiger partial charge in [-0.2, -0.15) is 0 Å². The highest BCUT2D eigenvalue weighted by molar-refractivity contribution is 6.68. The van der Waals surface area contributed by atoms with Gasteiger partial charge in [0.1, 0.15) is 0 Å². The molecule has 2 aliphatic heterocycles. The summed E-state index contributed by atoms with van der Waals surface area (Å²) in [7, 11) is 0. The minimum atomic E-state index is -0.561. The molecule has 2 fully saturated rings. The molecule has 348 valence electrons. The first-order valence-electron chi connectivity index (χ1n) is 18.4. The normalized spacial score (nSPS) is 12.8. The Kier molecular flexibility index (Phi) is 23.2. The van der Waals surface area contributed by atoms with Crippen LogP contribution in [0.15, 0.2) is 110 Å². The maximum atomic E-state index is 12.2. The number of carbonyl (C=O) groups is 4. The van der Waals surface area contributed by atoms with Gasteiger partial charge in [-0.05, 0) is 84.4 Å². The average Bonchev–Trinajstić information content (AvgIpc) is 4.00. The topological polar surface area (TPSA) is 194 Å². The number of hydrogen-bond acceptors (Lipinski definition) is 12. The second kappa shape index (κ2) is 27.6. The Morgan fingerprint density at radius 2 is 0.879 bits per heavy atom. The SMILES string of the molecule is C.C.Nc1cncc(C2OCCO2)c1.O=C(Cl)c1cc(Cl)cc(Cl)c1.O=C(Nc1cncc(C2OCCO2)c1)c1cc(Cl)cc(Cl)c1.O=Cc1cncc(NC(=O)c2cc(Cl)cc(Cl)c2)c1. The summed E-state index contributed by atoms with van der Waals surface area (Å²) in [5, 5.41) is 7.15. The lowest BCUT2D eigenvalue weighted by atomic mass is 10.2. The van der Waals surface area contributed by atoms with Gasteiger partial charge in [0, 0.05) is 88.3 Å². The minimum absolute atomic E-state index is 0. The van der Waals surface area contributed by atoms with Gasteiger partial charge in [0.2, 0.25) is 0 Å². The molecule has 4 N–H and O–H groups in total. The van der Waals surface area contributed by atoms with Crippen LogP contribution in [-0.4, -0.2) is 64.7 Å². The van der Waals surface area contributed by atoms with E-state index in [1.54, 1.807) is 49.1 Å². The van der Waals surface area contributed by atoms with Crippen molar-refractivity contribution >= 4 is 122 Å². The number of ether oxygens (including phenoxy) is 4. The molecule has 5 heterocycles. The van der Waals surface area contributed by atoms with E-state index in [0.717, 1.165) is 11.1 Å². The van der Waals surface area contributed by atoms with E-state index in [1.165, 1.54) is 54.9 Å². The molecule has 0 aliphatic carbocycles. The molecule has 21 heteroatoms. The Morgan fingerprint density at radius 1 is 0.515 bits per heavy atom. The fourth-order valence-corrected chi connectivity index (χ4v) is 7.08. The fourth-order valence-electron chi connectivity index (χ4n) is 5.40. The predicted octanol–water partition coefficient (Wildman–Crippen LogP) is 12.5. The van der Waals surface area contributed by atoms with Crippen molar-refractivity contribution in [3.8, 4) is 0 Å². The van der Waals surface area contributed by atoms with Gasteiger partial charge in [-0.15, -0.1) is 0 Å². The van der Waals surface area contributed by atoms with E-state index in [4.69, 9.17) is 106 Å². The van der Waals surface area contributed by atoms with Crippen LogP contribution >= 0.6 is 81.2 Å². The van der Waals surface area contributed by atoms with E-state index in [-0.39, 0.29) is 33.0 Å². The molecule has 14 nitrogen and oxygen atoms in total. The summed E-state index contributed by atoms with van der Waals surface area (Å²) in [6.45, 7) is 2.36. The molecule has 0 unspecified atom stereocenters. The van der Waals surface area contributed by atoms with E-state index in [1.807, 2.05) is 6.07 Å². The van der Waals surface area contributed by atoms with Gasteiger partial charge >= 0.3 is 0 Å². The van der Waals surface area contributed by atoms with Gasteiger partial charge in [-0.25, -0.2) is 0 Å². The van der Waals surface area contributed by atoms with Crippen LogP contribution in [0.3, 0.4) is 0 Å². The lowest BCUT2D eigenvalue weighted by molar-refractivity contribution is -0.0445. The highest BCUT2D eigenvalue weighted by atomic mass is 35.5. The summed E-state index contributed by atoms with van der Waals surface area (Å²) in [4.78, 5) is 57.3. The van der Waals surface area contributed by atoms with E-state index in [2.05, 4.69) is 25.6 Å². The zero-order chi connectivity index (χ0) is 46.2. The molecule has 8 rings (SSSR count). The number of benzene rings is 3. The third-order valence-electron chi connectivity index (χ3n) is 8.08. The van der Waals surface area contributed by atoms with E-state index in [9.17, 15) is 19.2 Å². The maximum absolute atomic E-state index is 12.2. The number of pyridine rings is 3. The first-order valence-corrected chi connectivity index (χ1v) is 21.0. The highest BCUT2D eigenvalue weighted by Crippen LogP contribution is 2.27. The van der Waals surface area contributed by atoms with Crippen molar-refractivity contribution < 1.29 is 38.1 Å². The van der Waals surface area contributed by atoms with Crippen LogP contribution in [0.25, 0.3) is 0 Å². The summed E-state index contributed by atoms with van der Waals surface area (Å²) in [6.07, 6.45) is 9.26. The molecule has 66 heavy (non-hydrogen) atoms. The lowest BCUT2D eigenvalue weighted by Crippen LogP contribution is -2.12. The quantitative estimate of drug-likeness (QED) is 0.0966. The van der Waals surface area contributed by atoms with Crippen molar-refractivity contribution in [1.29, 1.82) is 0 Å². The lowest BCUT2D eigenvalue weighted by Gasteiger charge is -2.11. The Morgan fingerprint density at radius 3 is 1.27 bits per heavy atom. The van der Waals surface area contributed by atoms with E-state index in [0.29, 0.717) is 102 Å². The average molecular weight is 1040 g/mol. The molecule has 0 spiro atoms. The molecule has 0 atom stereocenters. The number of aldehydes is 1. The van der Waals surface area contributed by atoms with E-state index >= 15 is 0 Å². The largest absolute Gasteiger partial charge is 0.397 e. The number of rotatable bonds is 8. The number of nitrogen functional groups attached to an aromatic ring is 1. The van der Waals surface area contributed by atoms with Gasteiger partial charge < -0.3 is 35.3 Å². The van der Waals surface area contributed by atoms with Crippen molar-refractivity contribution in [1.82, 2.24) is 15.0 Å². The first-order chi connectivity index (χ1) is 30.6. The second-order valence-electron chi connectivity index (χ2n) is 13.0. The molecule has 6 aromatic rings. The maximum Gasteiger partial charge on any atom is 0.255 e. The monoisotopic (exact) mass is 1040 g/mol. The van der Waals surface area contributed by atoms with Crippen LogP contribution in [0, 0.1) is 0 Å². The van der Waals surface area contributed by atoms with Crippen molar-refractivity contribution in [2.45, 2.75) is 27.4 Å². The smallest absolute Gasteiger partial charge is 0.255 e. The first kappa shape index (κ1) is 55.4. The number of nitrogens with one attached hydrogen (secondary N) is 2. The number of nitrogens with two attached hydrogens (primary N) is 1. The zero-order valence-electron chi connectivity index (χ0n) is 32.8. The molecule has 2 saturated heterocycles. The molecular weight excluding hydrogens is 1000 g/mol. The molecule has 0 saturated carbocycles. The minimum Gasteiger partial charge on any atom is -0.397 e. The molecule has 0 radical (unpaired) electrons. The third-order valence-corrected chi connectivity index (χ3v) is 9.61. The number of amides is 2. The molecule has 3 aromatic heterocycles. The van der Waals surface area contributed by atoms with Crippen LogP contribution in [-0.2, 0) is 18.9 Å². The molecule has 0 bridgehead atoms. The summed E-state index contributed by atoms with van der Waals surface area (Å²) in [6, 6.07) is 18.7. The predicted molar refractivity (Wildman–Crippen MR) is 261 cm³/mol. The van der Waals surface area contributed by atoms with Crippen molar-refractivity contribution in [3.63, 3.8) is 0 Å². The Labute approximate surface area is 415 Å². The Hall–Kier alpha value is -4.94. The number of halogens is 7. The number of anilines is 3. The van der Waals surface area contributed by atoms with Gasteiger partial charge in [-0.1, -0.05) is 84.5 Å². The molecule has 2 amide bonds. The van der Waals surface area contributed by atoms with Crippen molar-refractivity contribution in [2.75, 3.05) is 42.8 Å². The summed E-state index contributed by atoms with van der Waals surface area (Å²) in [5.74, 6) is -0.703. The van der Waals surface area contributed by atoms with E-state index < -0.39 is 11.5 Å². The number of aromatic nitrogens is 3. The summed E-state index contributed by atoms with van der Waals surface area (Å²) >= 11 is 39.8. The fraction of sp³-hybridized carbons (Fsp3) is 0.178. The highest BCUT2D eigenvalue weighted by Gasteiger charge is 2.20. The van der Waals surface area contributed by atoms with Crippen molar-refractivity contribution in [3.05, 3.63) is 173 Å². The van der Waals surface area contributed by atoms with Gasteiger partial charge in [0.25, 0.3) is 17.1 Å². The van der Waals surface area contributed by atoms with Crippen LogP contribution in [0.2, 0.25) is 30.1 Å². The van der Waals surface area contributed by atoms with Gasteiger partial charge in [0.15, 0.2) is 18.9 Å². The molecule has 3 aromatic carbocycles.